The van der Waals surface area contributed by atoms with Crippen LogP contribution in [0.4, 0.5) is 0 Å². The van der Waals surface area contributed by atoms with E-state index in [2.05, 4.69) is 60.7 Å². The summed E-state index contributed by atoms with van der Waals surface area (Å²) in [5.74, 6) is 7.16. The SMILES string of the molecule is N#Cc1cc(C#N)cc(-c2nc(-c3ccc(C45C[C@H]6C[C@@H](C4)C[C@@H](C5)C6)cc3)nc(-c3ccc(C45C[C@H]6C[C@H](C4)C[C@@H](C5)C6)cc3)n2)c1. The highest BCUT2D eigenvalue weighted by Crippen LogP contribution is 2.62. The van der Waals surface area contributed by atoms with E-state index in [9.17, 15) is 10.5 Å². The number of hydrogen-bond acceptors (Lipinski definition) is 5. The van der Waals surface area contributed by atoms with Crippen molar-refractivity contribution in [3.05, 3.63) is 89.0 Å². The standard InChI is InChI=1S/C43H41N5/c44-24-32-15-33(25-45)17-36(16-32)41-47-39(34-1-5-37(6-2-34)42-18-26-9-27(19-42)11-28(10-26)20-42)46-40(48-41)35-3-7-38(8-4-35)43-21-29-12-30(22-43)14-31(13-29)23-43/h1-8,15-17,26-31H,9-14,18-23H2/t26-,27-,28-,29-,30+,31-,42?,43?. The minimum atomic E-state index is 0.340. The summed E-state index contributed by atoms with van der Waals surface area (Å²) >= 11 is 0. The average molecular weight is 628 g/mol. The number of aromatic nitrogens is 3. The maximum atomic E-state index is 9.71. The Labute approximate surface area is 283 Å². The van der Waals surface area contributed by atoms with Gasteiger partial charge < -0.3 is 0 Å². The van der Waals surface area contributed by atoms with E-state index >= 15 is 0 Å². The lowest BCUT2D eigenvalue weighted by molar-refractivity contribution is -0.00530. The molecule has 0 radical (unpaired) electrons. The number of hydrogen-bond donors (Lipinski definition) is 0. The van der Waals surface area contributed by atoms with Crippen molar-refractivity contribution >= 4 is 0 Å². The molecule has 1 heterocycles. The lowest BCUT2D eigenvalue weighted by Crippen LogP contribution is -2.48. The van der Waals surface area contributed by atoms with Crippen molar-refractivity contribution in [2.75, 3.05) is 0 Å². The van der Waals surface area contributed by atoms with Gasteiger partial charge in [-0.2, -0.15) is 10.5 Å². The van der Waals surface area contributed by atoms with Crippen LogP contribution >= 0.6 is 0 Å². The summed E-state index contributed by atoms with van der Waals surface area (Å²) in [5, 5.41) is 19.4. The molecule has 238 valence electrons. The van der Waals surface area contributed by atoms with Crippen molar-refractivity contribution in [2.24, 2.45) is 35.5 Å². The molecule has 8 aliphatic rings. The Hall–Kier alpha value is -4.35. The average Bonchev–Trinajstić information content (AvgIpc) is 3.10. The van der Waals surface area contributed by atoms with Gasteiger partial charge in [-0.25, -0.2) is 15.0 Å². The molecule has 0 atom stereocenters. The minimum Gasteiger partial charge on any atom is -0.208 e. The maximum absolute atomic E-state index is 9.71. The van der Waals surface area contributed by atoms with Crippen molar-refractivity contribution in [1.29, 1.82) is 10.5 Å². The van der Waals surface area contributed by atoms with Gasteiger partial charge in [-0.3, -0.25) is 0 Å². The van der Waals surface area contributed by atoms with E-state index in [1.54, 1.807) is 18.2 Å². The molecule has 0 amide bonds. The fraction of sp³-hybridized carbons (Fsp3) is 0.465. The molecule has 12 rings (SSSR count). The molecule has 0 N–H and O–H groups in total. The van der Waals surface area contributed by atoms with E-state index in [1.165, 1.54) is 88.2 Å². The first-order valence-electron chi connectivity index (χ1n) is 18.4. The Kier molecular flexibility index (Phi) is 6.31. The van der Waals surface area contributed by atoms with Crippen LogP contribution in [0.5, 0.6) is 0 Å². The third kappa shape index (κ3) is 4.65. The number of rotatable bonds is 5. The molecule has 48 heavy (non-hydrogen) atoms. The van der Waals surface area contributed by atoms with Crippen molar-refractivity contribution in [1.82, 2.24) is 15.0 Å². The molecule has 5 heteroatoms. The van der Waals surface area contributed by atoms with Crippen LogP contribution in [0.15, 0.2) is 66.7 Å². The highest BCUT2D eigenvalue weighted by Gasteiger charge is 2.52. The van der Waals surface area contributed by atoms with Gasteiger partial charge in [0.1, 0.15) is 0 Å². The first-order valence-corrected chi connectivity index (χ1v) is 18.4. The summed E-state index contributed by atoms with van der Waals surface area (Å²) in [6, 6.07) is 27.8. The Bertz CT molecular complexity index is 1800. The van der Waals surface area contributed by atoms with Crippen LogP contribution in [-0.2, 0) is 10.8 Å². The Balaban J connectivity index is 1.03. The van der Waals surface area contributed by atoms with E-state index in [-0.39, 0.29) is 0 Å². The van der Waals surface area contributed by atoms with Crippen LogP contribution in [0, 0.1) is 58.2 Å². The number of benzene rings is 3. The first-order chi connectivity index (χ1) is 23.4. The van der Waals surface area contributed by atoms with Crippen molar-refractivity contribution < 1.29 is 0 Å². The molecule has 0 spiro atoms. The van der Waals surface area contributed by atoms with Crippen LogP contribution < -0.4 is 0 Å². The summed E-state index contributed by atoms with van der Waals surface area (Å²) in [7, 11) is 0. The van der Waals surface area contributed by atoms with E-state index in [0.717, 1.165) is 46.6 Å². The maximum Gasteiger partial charge on any atom is 0.164 e. The van der Waals surface area contributed by atoms with E-state index < -0.39 is 0 Å². The molecule has 8 fully saturated rings. The van der Waals surface area contributed by atoms with Gasteiger partial charge in [0.2, 0.25) is 0 Å². The normalized spacial score (nSPS) is 33.8. The quantitative estimate of drug-likeness (QED) is 0.220. The molecular formula is C43H41N5. The summed E-state index contributed by atoms with van der Waals surface area (Å²) in [4.78, 5) is 15.0. The van der Waals surface area contributed by atoms with Crippen LogP contribution in [0.3, 0.4) is 0 Å². The van der Waals surface area contributed by atoms with Crippen LogP contribution in [-0.4, -0.2) is 15.0 Å². The van der Waals surface area contributed by atoms with Gasteiger partial charge in [-0.15, -0.1) is 0 Å². The molecule has 8 bridgehead atoms. The molecule has 0 aliphatic heterocycles. The van der Waals surface area contributed by atoms with Crippen LogP contribution in [0.25, 0.3) is 34.2 Å². The predicted molar refractivity (Wildman–Crippen MR) is 185 cm³/mol. The molecular weight excluding hydrogens is 587 g/mol. The monoisotopic (exact) mass is 627 g/mol. The molecule has 0 saturated heterocycles. The Morgan fingerprint density at radius 3 is 1.06 bits per heavy atom. The zero-order valence-corrected chi connectivity index (χ0v) is 27.5. The van der Waals surface area contributed by atoms with Gasteiger partial charge in [0.05, 0.1) is 23.3 Å². The van der Waals surface area contributed by atoms with Gasteiger partial charge in [-0.05, 0) is 153 Å². The van der Waals surface area contributed by atoms with Gasteiger partial charge in [0, 0.05) is 16.7 Å². The van der Waals surface area contributed by atoms with Crippen molar-refractivity contribution in [2.45, 2.75) is 87.9 Å². The zero-order chi connectivity index (χ0) is 32.0. The second-order valence-electron chi connectivity index (χ2n) is 16.9. The summed E-state index contributed by atoms with van der Waals surface area (Å²) < 4.78 is 0. The zero-order valence-electron chi connectivity index (χ0n) is 27.5. The predicted octanol–water partition coefficient (Wildman–Crippen LogP) is 9.55. The summed E-state index contributed by atoms with van der Waals surface area (Å²) in [5.41, 5.74) is 7.09. The van der Waals surface area contributed by atoms with Crippen LogP contribution in [0.1, 0.15) is 99.3 Å². The largest absolute Gasteiger partial charge is 0.208 e. The Morgan fingerprint density at radius 1 is 0.438 bits per heavy atom. The lowest BCUT2D eigenvalue weighted by atomic mass is 9.48. The second-order valence-corrected chi connectivity index (χ2v) is 16.9. The fourth-order valence-electron chi connectivity index (χ4n) is 12.5. The van der Waals surface area contributed by atoms with Gasteiger partial charge in [0.15, 0.2) is 17.5 Å². The molecule has 0 unspecified atom stereocenters. The summed E-state index contributed by atoms with van der Waals surface area (Å²) in [6.07, 6.45) is 16.7. The third-order valence-corrected chi connectivity index (χ3v) is 13.7. The molecule has 5 nitrogen and oxygen atoms in total. The number of nitrogens with zero attached hydrogens (tertiary/aromatic N) is 5. The van der Waals surface area contributed by atoms with E-state index in [1.807, 2.05) is 0 Å². The Morgan fingerprint density at radius 2 is 0.750 bits per heavy atom. The molecule has 4 aromatic rings. The van der Waals surface area contributed by atoms with Crippen molar-refractivity contribution in [3.8, 4) is 46.3 Å². The molecule has 3 aromatic carbocycles. The lowest BCUT2D eigenvalue weighted by Gasteiger charge is -2.57. The number of nitriles is 2. The smallest absolute Gasteiger partial charge is 0.164 e. The molecule has 8 saturated carbocycles. The van der Waals surface area contributed by atoms with Crippen molar-refractivity contribution in [3.63, 3.8) is 0 Å². The minimum absolute atomic E-state index is 0.340. The van der Waals surface area contributed by atoms with E-state index in [4.69, 9.17) is 15.0 Å². The highest BCUT2D eigenvalue weighted by molar-refractivity contribution is 5.68. The molecule has 8 aliphatic carbocycles. The van der Waals surface area contributed by atoms with Gasteiger partial charge in [-0.1, -0.05) is 48.5 Å². The van der Waals surface area contributed by atoms with Crippen LogP contribution in [0.2, 0.25) is 0 Å². The fourth-order valence-corrected chi connectivity index (χ4v) is 12.5. The topological polar surface area (TPSA) is 86.2 Å². The third-order valence-electron chi connectivity index (χ3n) is 13.7. The highest BCUT2D eigenvalue weighted by atomic mass is 15.0. The van der Waals surface area contributed by atoms with Gasteiger partial charge >= 0.3 is 0 Å². The molecule has 1 aromatic heterocycles. The first kappa shape index (κ1) is 28.6. The second kappa shape index (κ2) is 10.6. The van der Waals surface area contributed by atoms with E-state index in [0.29, 0.717) is 45.0 Å². The summed E-state index contributed by atoms with van der Waals surface area (Å²) in [6.45, 7) is 0. The van der Waals surface area contributed by atoms with Gasteiger partial charge in [0.25, 0.3) is 0 Å².